The number of para-hydroxylation sites is 1. The van der Waals surface area contributed by atoms with E-state index in [0.717, 1.165) is 33.4 Å². The van der Waals surface area contributed by atoms with Crippen molar-refractivity contribution in [2.75, 3.05) is 19.0 Å². The molecular formula is C21H20N2O4S. The fraction of sp³-hybridized carbons (Fsp3) is 0.190. The van der Waals surface area contributed by atoms with Crippen LogP contribution >= 0.6 is 11.8 Å². The second kappa shape index (κ2) is 8.31. The van der Waals surface area contributed by atoms with Crippen molar-refractivity contribution in [1.82, 2.24) is 4.90 Å². The van der Waals surface area contributed by atoms with E-state index < -0.39 is 17.1 Å². The van der Waals surface area contributed by atoms with Crippen LogP contribution in [0.4, 0.5) is 10.5 Å². The molecule has 1 saturated heterocycles. The Bertz CT molecular complexity index is 947. The maximum atomic E-state index is 12.6. The Morgan fingerprint density at radius 2 is 1.75 bits per heavy atom. The summed E-state index contributed by atoms with van der Waals surface area (Å²) in [5, 5.41) is 2.34. The summed E-state index contributed by atoms with van der Waals surface area (Å²) < 4.78 is 5.10. The molecule has 0 saturated carbocycles. The predicted octanol–water partition coefficient (Wildman–Crippen LogP) is 3.99. The van der Waals surface area contributed by atoms with Gasteiger partial charge in [-0.3, -0.25) is 19.3 Å². The van der Waals surface area contributed by atoms with Gasteiger partial charge in [0, 0.05) is 5.69 Å². The molecule has 1 aliphatic rings. The molecule has 7 heteroatoms. The van der Waals surface area contributed by atoms with Gasteiger partial charge in [0.15, 0.2) is 0 Å². The van der Waals surface area contributed by atoms with Crippen LogP contribution in [-0.4, -0.2) is 35.6 Å². The largest absolute Gasteiger partial charge is 0.497 e. The van der Waals surface area contributed by atoms with Crippen LogP contribution in [0.3, 0.4) is 0 Å². The molecule has 3 amide bonds. The molecule has 2 aromatic carbocycles. The summed E-state index contributed by atoms with van der Waals surface area (Å²) in [4.78, 5) is 38.5. The number of hydrogen-bond acceptors (Lipinski definition) is 5. The average molecular weight is 396 g/mol. The van der Waals surface area contributed by atoms with Gasteiger partial charge in [-0.15, -0.1) is 0 Å². The summed E-state index contributed by atoms with van der Waals surface area (Å²) in [7, 11) is 1.57. The molecule has 1 aliphatic heterocycles. The minimum Gasteiger partial charge on any atom is -0.497 e. The van der Waals surface area contributed by atoms with Gasteiger partial charge < -0.3 is 10.1 Å². The van der Waals surface area contributed by atoms with E-state index in [1.807, 2.05) is 32.0 Å². The monoisotopic (exact) mass is 396 g/mol. The maximum Gasteiger partial charge on any atom is 0.294 e. The third-order valence-corrected chi connectivity index (χ3v) is 5.24. The minimum absolute atomic E-state index is 0.287. The summed E-state index contributed by atoms with van der Waals surface area (Å²) in [5.74, 6) is -0.179. The normalized spacial score (nSPS) is 15.2. The van der Waals surface area contributed by atoms with Gasteiger partial charge >= 0.3 is 0 Å². The number of rotatable bonds is 5. The summed E-state index contributed by atoms with van der Waals surface area (Å²) >= 11 is 0.828. The number of imide groups is 1. The van der Waals surface area contributed by atoms with Crippen LogP contribution < -0.4 is 10.1 Å². The molecule has 1 heterocycles. The Balaban J connectivity index is 1.71. The number of ether oxygens (including phenoxy) is 1. The lowest BCUT2D eigenvalue weighted by atomic mass is 10.1. The number of amides is 3. The molecule has 2 aromatic rings. The molecule has 0 aromatic heterocycles. The number of aryl methyl sites for hydroxylation is 2. The van der Waals surface area contributed by atoms with Crippen LogP contribution in [0.25, 0.3) is 6.08 Å². The van der Waals surface area contributed by atoms with Crippen LogP contribution in [0.5, 0.6) is 5.75 Å². The number of hydrogen-bond donors (Lipinski definition) is 1. The van der Waals surface area contributed by atoms with Crippen molar-refractivity contribution < 1.29 is 19.1 Å². The molecule has 0 aliphatic carbocycles. The highest BCUT2D eigenvalue weighted by Gasteiger charge is 2.36. The Labute approximate surface area is 167 Å². The van der Waals surface area contributed by atoms with Crippen LogP contribution in [0.15, 0.2) is 47.4 Å². The van der Waals surface area contributed by atoms with Crippen molar-refractivity contribution in [3.63, 3.8) is 0 Å². The minimum atomic E-state index is -0.470. The smallest absolute Gasteiger partial charge is 0.294 e. The molecule has 0 bridgehead atoms. The van der Waals surface area contributed by atoms with Crippen molar-refractivity contribution in [3.8, 4) is 5.75 Å². The topological polar surface area (TPSA) is 75.7 Å². The van der Waals surface area contributed by atoms with Gasteiger partial charge in [-0.05, 0) is 60.5 Å². The number of thioether (sulfide) groups is 1. The fourth-order valence-electron chi connectivity index (χ4n) is 2.82. The van der Waals surface area contributed by atoms with Gasteiger partial charge in [-0.1, -0.05) is 30.3 Å². The first kappa shape index (κ1) is 19.7. The van der Waals surface area contributed by atoms with Crippen LogP contribution in [0.1, 0.15) is 16.7 Å². The predicted molar refractivity (Wildman–Crippen MR) is 110 cm³/mol. The molecule has 6 nitrogen and oxygen atoms in total. The standard InChI is InChI=1S/C21H20N2O4S/c1-13-5-4-6-14(2)19(13)22-18(24)12-23-20(25)17(28-21(23)26)11-15-7-9-16(27-3)10-8-15/h4-11H,12H2,1-3H3,(H,22,24)/b17-11+. The van der Waals surface area contributed by atoms with E-state index in [-0.39, 0.29) is 11.4 Å². The molecule has 3 rings (SSSR count). The summed E-state index contributed by atoms with van der Waals surface area (Å²) in [6, 6.07) is 12.8. The highest BCUT2D eigenvalue weighted by atomic mass is 32.2. The maximum absolute atomic E-state index is 12.6. The van der Waals surface area contributed by atoms with Gasteiger partial charge in [0.2, 0.25) is 5.91 Å². The second-order valence-corrected chi connectivity index (χ2v) is 7.35. The van der Waals surface area contributed by atoms with Crippen LogP contribution in [0.2, 0.25) is 0 Å². The van der Waals surface area contributed by atoms with Crippen molar-refractivity contribution >= 4 is 40.6 Å². The Morgan fingerprint density at radius 3 is 2.36 bits per heavy atom. The van der Waals surface area contributed by atoms with Crippen LogP contribution in [-0.2, 0) is 9.59 Å². The summed E-state index contributed by atoms with van der Waals surface area (Å²) in [6.45, 7) is 3.46. The molecule has 1 fully saturated rings. The van der Waals surface area contributed by atoms with E-state index in [1.165, 1.54) is 0 Å². The summed E-state index contributed by atoms with van der Waals surface area (Å²) in [5.41, 5.74) is 3.31. The van der Waals surface area contributed by atoms with Gasteiger partial charge in [-0.2, -0.15) is 0 Å². The average Bonchev–Trinajstić information content (AvgIpc) is 2.93. The zero-order valence-electron chi connectivity index (χ0n) is 15.8. The van der Waals surface area contributed by atoms with Crippen molar-refractivity contribution in [2.45, 2.75) is 13.8 Å². The van der Waals surface area contributed by atoms with Crippen molar-refractivity contribution in [2.24, 2.45) is 0 Å². The van der Waals surface area contributed by atoms with Gasteiger partial charge in [0.05, 0.1) is 12.0 Å². The third-order valence-electron chi connectivity index (χ3n) is 4.33. The van der Waals surface area contributed by atoms with E-state index in [2.05, 4.69) is 5.32 Å². The lowest BCUT2D eigenvalue weighted by Gasteiger charge is -2.15. The molecule has 0 unspecified atom stereocenters. The SMILES string of the molecule is COc1ccc(/C=C2/SC(=O)N(CC(=O)Nc3c(C)cccc3C)C2=O)cc1. The third kappa shape index (κ3) is 4.26. The molecule has 1 N–H and O–H groups in total. The van der Waals surface area contributed by atoms with E-state index in [9.17, 15) is 14.4 Å². The molecule has 0 spiro atoms. The van der Waals surface area contributed by atoms with Gasteiger partial charge in [0.1, 0.15) is 12.3 Å². The number of nitrogens with one attached hydrogen (secondary N) is 1. The highest BCUT2D eigenvalue weighted by Crippen LogP contribution is 2.32. The quantitative estimate of drug-likeness (QED) is 0.774. The van der Waals surface area contributed by atoms with Crippen LogP contribution in [0, 0.1) is 13.8 Å². The van der Waals surface area contributed by atoms with Gasteiger partial charge in [0.25, 0.3) is 11.1 Å². The Kier molecular flexibility index (Phi) is 5.84. The van der Waals surface area contributed by atoms with Gasteiger partial charge in [-0.25, -0.2) is 0 Å². The lowest BCUT2D eigenvalue weighted by Crippen LogP contribution is -2.36. The number of methoxy groups -OCH3 is 1. The molecule has 0 radical (unpaired) electrons. The van der Waals surface area contributed by atoms with E-state index >= 15 is 0 Å². The van der Waals surface area contributed by atoms with E-state index in [4.69, 9.17) is 4.74 Å². The van der Waals surface area contributed by atoms with E-state index in [0.29, 0.717) is 11.4 Å². The first-order valence-electron chi connectivity index (χ1n) is 8.64. The Hall–Kier alpha value is -3.06. The highest BCUT2D eigenvalue weighted by molar-refractivity contribution is 8.18. The number of carbonyl (C=O) groups excluding carboxylic acids is 3. The number of anilines is 1. The Morgan fingerprint density at radius 1 is 1.11 bits per heavy atom. The zero-order chi connectivity index (χ0) is 20.3. The lowest BCUT2D eigenvalue weighted by molar-refractivity contribution is -0.127. The second-order valence-electron chi connectivity index (χ2n) is 6.36. The first-order chi connectivity index (χ1) is 13.4. The molecule has 28 heavy (non-hydrogen) atoms. The number of carbonyl (C=O) groups is 3. The number of nitrogens with zero attached hydrogens (tertiary/aromatic N) is 1. The molecular weight excluding hydrogens is 376 g/mol. The van der Waals surface area contributed by atoms with E-state index in [1.54, 1.807) is 37.5 Å². The molecule has 144 valence electrons. The first-order valence-corrected chi connectivity index (χ1v) is 9.46. The number of benzene rings is 2. The fourth-order valence-corrected chi connectivity index (χ4v) is 3.66. The van der Waals surface area contributed by atoms with Crippen molar-refractivity contribution in [3.05, 3.63) is 64.1 Å². The summed E-state index contributed by atoms with van der Waals surface area (Å²) in [6.07, 6.45) is 1.63. The van der Waals surface area contributed by atoms with Crippen molar-refractivity contribution in [1.29, 1.82) is 0 Å². The zero-order valence-corrected chi connectivity index (χ0v) is 16.6. The molecule has 0 atom stereocenters.